The number of aryl methyl sites for hydroxylation is 2. The van der Waals surface area contributed by atoms with Crippen molar-refractivity contribution in [2.75, 3.05) is 12.8 Å². The van der Waals surface area contributed by atoms with Crippen molar-refractivity contribution in [2.45, 2.75) is 13.8 Å². The molecule has 0 atom stereocenters. The molecule has 0 saturated heterocycles. The summed E-state index contributed by atoms with van der Waals surface area (Å²) in [5, 5.41) is 2.01. The number of benzene rings is 2. The van der Waals surface area contributed by atoms with Crippen molar-refractivity contribution in [3.05, 3.63) is 68.8 Å². The van der Waals surface area contributed by atoms with Gasteiger partial charge >= 0.3 is 5.97 Å². The maximum absolute atomic E-state index is 13.4. The van der Waals surface area contributed by atoms with E-state index in [0.29, 0.717) is 26.2 Å². The number of para-hydroxylation sites is 1. The van der Waals surface area contributed by atoms with E-state index in [1.807, 2.05) is 50.2 Å². The maximum atomic E-state index is 13.4. The lowest BCUT2D eigenvalue weighted by molar-refractivity contribution is 0.0607. The fraction of sp³-hybridized carbons (Fsp3) is 0.143. The predicted molar refractivity (Wildman–Crippen MR) is 110 cm³/mol. The van der Waals surface area contributed by atoms with Crippen molar-refractivity contribution in [3.8, 4) is 5.69 Å². The minimum absolute atomic E-state index is 0.131. The van der Waals surface area contributed by atoms with Crippen LogP contribution in [0.3, 0.4) is 0 Å². The molecule has 0 spiro atoms. The van der Waals surface area contributed by atoms with Crippen LogP contribution in [0.15, 0.2) is 47.3 Å². The van der Waals surface area contributed by atoms with Crippen molar-refractivity contribution < 1.29 is 9.53 Å². The van der Waals surface area contributed by atoms with Crippen molar-refractivity contribution in [1.29, 1.82) is 0 Å². The summed E-state index contributed by atoms with van der Waals surface area (Å²) in [6.45, 7) is 3.93. The van der Waals surface area contributed by atoms with E-state index < -0.39 is 5.97 Å². The Morgan fingerprint density at radius 3 is 2.30 bits per heavy atom. The number of nitrogen functional groups attached to an aromatic ring is 1. The highest BCUT2D eigenvalue weighted by Crippen LogP contribution is 2.39. The summed E-state index contributed by atoms with van der Waals surface area (Å²) in [4.78, 5) is 26.6. The van der Waals surface area contributed by atoms with Crippen molar-refractivity contribution in [2.24, 2.45) is 0 Å². The van der Waals surface area contributed by atoms with E-state index >= 15 is 0 Å². The summed E-state index contributed by atoms with van der Waals surface area (Å²) in [6, 6.07) is 13.2. The molecule has 2 N–H and O–H groups in total. The molecule has 0 aliphatic carbocycles. The van der Waals surface area contributed by atoms with Gasteiger partial charge in [-0.15, -0.1) is 11.3 Å². The quantitative estimate of drug-likeness (QED) is 0.531. The molecule has 0 fully saturated rings. The van der Waals surface area contributed by atoms with Crippen LogP contribution in [0.25, 0.3) is 26.7 Å². The van der Waals surface area contributed by atoms with E-state index in [1.54, 1.807) is 10.6 Å². The number of methoxy groups -OCH3 is 1. The smallest absolute Gasteiger partial charge is 0.350 e. The number of nitrogens with two attached hydrogens (primary N) is 1. The second-order valence-electron chi connectivity index (χ2n) is 6.44. The van der Waals surface area contributed by atoms with Gasteiger partial charge in [0.2, 0.25) is 0 Å². The van der Waals surface area contributed by atoms with E-state index in [2.05, 4.69) is 0 Å². The Morgan fingerprint density at radius 1 is 1.04 bits per heavy atom. The number of hydrogen-bond acceptors (Lipinski definition) is 5. The summed E-state index contributed by atoms with van der Waals surface area (Å²) in [6.07, 6.45) is 0. The molecule has 0 saturated carbocycles. The van der Waals surface area contributed by atoms with E-state index in [1.165, 1.54) is 18.4 Å². The molecule has 0 unspecified atom stereocenters. The van der Waals surface area contributed by atoms with E-state index in [-0.39, 0.29) is 5.56 Å². The Kier molecular flexibility index (Phi) is 4.00. The summed E-state index contributed by atoms with van der Waals surface area (Å²) in [7, 11) is 1.32. The highest BCUT2D eigenvalue weighted by atomic mass is 32.1. The number of aromatic nitrogens is 1. The van der Waals surface area contributed by atoms with Gasteiger partial charge in [-0.05, 0) is 36.4 Å². The van der Waals surface area contributed by atoms with Gasteiger partial charge in [0.25, 0.3) is 5.56 Å². The van der Waals surface area contributed by atoms with Crippen LogP contribution in [-0.2, 0) is 4.74 Å². The van der Waals surface area contributed by atoms with Gasteiger partial charge in [0.1, 0.15) is 9.71 Å². The van der Waals surface area contributed by atoms with Crippen molar-refractivity contribution in [3.63, 3.8) is 0 Å². The first-order valence-electron chi connectivity index (χ1n) is 8.46. The minimum atomic E-state index is -0.502. The standard InChI is InChI=1S/C21H18N2O3S/c1-11-7-6-8-12(2)17(11)23-19(24)14-10-5-4-9-13(14)15-16(22)18(21(25)26-3)27-20(15)23/h4-10H,22H2,1-3H3. The molecule has 136 valence electrons. The number of carbonyl (C=O) groups excluding carboxylic acids is 1. The topological polar surface area (TPSA) is 74.3 Å². The SMILES string of the molecule is COC(=O)c1sc2c(c1N)c1ccccc1c(=O)n2-c1c(C)cccc1C. The highest BCUT2D eigenvalue weighted by molar-refractivity contribution is 7.21. The zero-order chi connectivity index (χ0) is 19.3. The number of thiophene rings is 1. The van der Waals surface area contributed by atoms with Gasteiger partial charge in [-0.25, -0.2) is 4.79 Å². The summed E-state index contributed by atoms with van der Waals surface area (Å²) in [5.41, 5.74) is 9.32. The Labute approximate surface area is 159 Å². The van der Waals surface area contributed by atoms with E-state index in [9.17, 15) is 9.59 Å². The summed E-state index contributed by atoms with van der Waals surface area (Å²) in [5.74, 6) is -0.502. The van der Waals surface area contributed by atoms with Crippen molar-refractivity contribution >= 4 is 44.0 Å². The molecule has 0 aliphatic heterocycles. The van der Waals surface area contributed by atoms with E-state index in [4.69, 9.17) is 10.5 Å². The van der Waals surface area contributed by atoms with Gasteiger partial charge < -0.3 is 10.5 Å². The van der Waals surface area contributed by atoms with E-state index in [0.717, 1.165) is 22.2 Å². The molecule has 0 radical (unpaired) electrons. The van der Waals surface area contributed by atoms with Crippen LogP contribution in [0.2, 0.25) is 0 Å². The number of carbonyl (C=O) groups is 1. The van der Waals surface area contributed by atoms with Crippen LogP contribution < -0.4 is 11.3 Å². The molecule has 6 heteroatoms. The molecular formula is C21H18N2O3S. The molecule has 0 bridgehead atoms. The average molecular weight is 378 g/mol. The van der Waals surface area contributed by atoms with Crippen LogP contribution >= 0.6 is 11.3 Å². The third-order valence-electron chi connectivity index (χ3n) is 4.79. The van der Waals surface area contributed by atoms with Gasteiger partial charge in [-0.3, -0.25) is 9.36 Å². The maximum Gasteiger partial charge on any atom is 0.350 e. The lowest BCUT2D eigenvalue weighted by Gasteiger charge is -2.15. The second kappa shape index (κ2) is 6.25. The first-order chi connectivity index (χ1) is 13.0. The molecule has 4 rings (SSSR count). The zero-order valence-corrected chi connectivity index (χ0v) is 16.0. The molecular weight excluding hydrogens is 360 g/mol. The van der Waals surface area contributed by atoms with Crippen molar-refractivity contribution in [1.82, 2.24) is 4.57 Å². The Balaban J connectivity index is 2.30. The van der Waals surface area contributed by atoms with Crippen LogP contribution in [0.1, 0.15) is 20.8 Å². The van der Waals surface area contributed by atoms with Gasteiger partial charge in [0.15, 0.2) is 0 Å². The lowest BCUT2D eigenvalue weighted by atomic mass is 10.1. The number of anilines is 1. The lowest BCUT2D eigenvalue weighted by Crippen LogP contribution is -2.20. The number of hydrogen-bond donors (Lipinski definition) is 1. The molecule has 27 heavy (non-hydrogen) atoms. The average Bonchev–Trinajstić information content (AvgIpc) is 3.00. The minimum Gasteiger partial charge on any atom is -0.465 e. The molecule has 0 amide bonds. The number of nitrogens with zero attached hydrogens (tertiary/aromatic N) is 1. The number of rotatable bonds is 2. The largest absolute Gasteiger partial charge is 0.465 e. The Morgan fingerprint density at radius 2 is 1.67 bits per heavy atom. The third-order valence-corrected chi connectivity index (χ3v) is 5.96. The highest BCUT2D eigenvalue weighted by Gasteiger charge is 2.24. The first-order valence-corrected chi connectivity index (χ1v) is 9.28. The van der Waals surface area contributed by atoms with Crippen LogP contribution in [0.5, 0.6) is 0 Å². The molecule has 2 aromatic carbocycles. The fourth-order valence-electron chi connectivity index (χ4n) is 3.56. The van der Waals surface area contributed by atoms with Crippen LogP contribution in [0, 0.1) is 13.8 Å². The predicted octanol–water partition coefficient (Wildman–Crippen LogP) is 4.19. The number of pyridine rings is 1. The van der Waals surface area contributed by atoms with Gasteiger partial charge in [0, 0.05) is 10.8 Å². The molecule has 4 aromatic rings. The number of fused-ring (bicyclic) bond motifs is 3. The fourth-order valence-corrected chi connectivity index (χ4v) is 4.71. The third kappa shape index (κ3) is 2.44. The molecule has 2 aromatic heterocycles. The zero-order valence-electron chi connectivity index (χ0n) is 15.2. The summed E-state index contributed by atoms with van der Waals surface area (Å²) < 4.78 is 6.56. The van der Waals surface area contributed by atoms with Gasteiger partial charge in [-0.1, -0.05) is 36.4 Å². The van der Waals surface area contributed by atoms with Crippen LogP contribution in [0.4, 0.5) is 5.69 Å². The molecule has 5 nitrogen and oxygen atoms in total. The van der Waals surface area contributed by atoms with Gasteiger partial charge in [0.05, 0.1) is 18.5 Å². The van der Waals surface area contributed by atoms with Gasteiger partial charge in [-0.2, -0.15) is 0 Å². The summed E-state index contributed by atoms with van der Waals surface area (Å²) >= 11 is 1.19. The first kappa shape index (κ1) is 17.3. The monoisotopic (exact) mass is 378 g/mol. The molecule has 0 aliphatic rings. The van der Waals surface area contributed by atoms with Crippen LogP contribution in [-0.4, -0.2) is 17.6 Å². The Hall–Kier alpha value is -3.12. The number of ether oxygens (including phenoxy) is 1. The normalized spacial score (nSPS) is 11.2. The number of esters is 1. The Bertz CT molecular complexity index is 1260. The second-order valence-corrected chi connectivity index (χ2v) is 7.44. The molecule has 2 heterocycles.